The Morgan fingerprint density at radius 2 is 1.57 bits per heavy atom. The summed E-state index contributed by atoms with van der Waals surface area (Å²) in [7, 11) is 0. The van der Waals surface area contributed by atoms with Crippen LogP contribution in [0.25, 0.3) is 16.6 Å². The summed E-state index contributed by atoms with van der Waals surface area (Å²) in [5.41, 5.74) is 6.84. The number of fused-ring (bicyclic) bond motifs is 1. The Balaban J connectivity index is 1.38. The Morgan fingerprint density at radius 1 is 0.892 bits per heavy atom. The van der Waals surface area contributed by atoms with Crippen molar-refractivity contribution in [1.29, 1.82) is 0 Å². The number of hydrogen-bond donors (Lipinski definition) is 1. The third-order valence-electron chi connectivity index (χ3n) is 5.97. The molecule has 0 radical (unpaired) electrons. The second-order valence-corrected chi connectivity index (χ2v) is 9.46. The van der Waals surface area contributed by atoms with Crippen molar-refractivity contribution in [3.05, 3.63) is 125 Å². The Kier molecular flexibility index (Phi) is 6.03. The monoisotopic (exact) mass is 507 g/mol. The summed E-state index contributed by atoms with van der Waals surface area (Å²) in [6, 6.07) is 30.5. The van der Waals surface area contributed by atoms with Crippen molar-refractivity contribution in [2.75, 3.05) is 0 Å². The van der Waals surface area contributed by atoms with Gasteiger partial charge < -0.3 is 4.42 Å². The fourth-order valence-electron chi connectivity index (χ4n) is 4.30. The molecular weight excluding hydrogens is 486 g/mol. The summed E-state index contributed by atoms with van der Waals surface area (Å²) in [6.45, 7) is -0.0941. The Bertz CT molecular complexity index is 1560. The molecule has 0 aliphatic carbocycles. The van der Waals surface area contributed by atoms with Crippen molar-refractivity contribution < 1.29 is 14.0 Å². The van der Waals surface area contributed by atoms with Gasteiger partial charge in [-0.1, -0.05) is 89.8 Å². The molecule has 3 heterocycles. The van der Waals surface area contributed by atoms with Crippen LogP contribution in [0.1, 0.15) is 22.3 Å². The fourth-order valence-corrected chi connectivity index (χ4v) is 5.58. The van der Waals surface area contributed by atoms with E-state index < -0.39 is 11.3 Å². The molecule has 1 saturated heterocycles. The molecule has 1 atom stereocenters. The lowest BCUT2D eigenvalue weighted by Gasteiger charge is -2.22. The van der Waals surface area contributed by atoms with Crippen molar-refractivity contribution in [1.82, 2.24) is 25.4 Å². The van der Waals surface area contributed by atoms with Crippen LogP contribution in [0.4, 0.5) is 0 Å². The van der Waals surface area contributed by atoms with E-state index >= 15 is 0 Å². The number of rotatable bonds is 6. The minimum atomic E-state index is -0.573. The van der Waals surface area contributed by atoms with Crippen LogP contribution in [-0.4, -0.2) is 31.8 Å². The number of nitrogens with one attached hydrogen (secondary N) is 1. The van der Waals surface area contributed by atoms with Crippen molar-refractivity contribution in [2.24, 2.45) is 0 Å². The van der Waals surface area contributed by atoms with Gasteiger partial charge in [-0.05, 0) is 35.4 Å². The molecule has 2 aromatic heterocycles. The molecule has 0 saturated carbocycles. The quantitative estimate of drug-likeness (QED) is 0.332. The minimum Gasteiger partial charge on any atom is -0.466 e. The average Bonchev–Trinajstić information content (AvgIpc) is 3.67. The molecule has 1 N–H and O–H groups in total. The molecule has 1 aliphatic rings. The first-order valence-electron chi connectivity index (χ1n) is 11.7. The number of hydrazine groups is 1. The molecule has 6 rings (SSSR count). The highest BCUT2D eigenvalue weighted by Crippen LogP contribution is 2.48. The zero-order valence-corrected chi connectivity index (χ0v) is 20.3. The minimum absolute atomic E-state index is 0.0941. The van der Waals surface area contributed by atoms with E-state index in [-0.39, 0.29) is 12.5 Å². The molecule has 0 bridgehead atoms. The van der Waals surface area contributed by atoms with E-state index in [1.807, 2.05) is 84.9 Å². The Labute approximate surface area is 216 Å². The van der Waals surface area contributed by atoms with E-state index in [1.165, 1.54) is 21.5 Å². The second kappa shape index (κ2) is 9.79. The maximum absolute atomic E-state index is 13.9. The van der Waals surface area contributed by atoms with E-state index in [9.17, 15) is 9.59 Å². The van der Waals surface area contributed by atoms with Crippen LogP contribution >= 0.6 is 11.8 Å². The summed E-state index contributed by atoms with van der Waals surface area (Å²) in [6.07, 6.45) is 1.55. The number of nitrogens with zero attached hydrogens (tertiary/aromatic N) is 4. The van der Waals surface area contributed by atoms with Gasteiger partial charge in [0.25, 0.3) is 11.8 Å². The maximum atomic E-state index is 13.9. The Hall–Kier alpha value is -4.63. The van der Waals surface area contributed by atoms with Crippen LogP contribution in [0.5, 0.6) is 0 Å². The molecule has 9 heteroatoms. The lowest BCUT2D eigenvalue weighted by molar-refractivity contribution is -0.138. The van der Waals surface area contributed by atoms with Crippen LogP contribution in [-0.2, 0) is 16.1 Å². The average molecular weight is 508 g/mol. The third kappa shape index (κ3) is 4.41. The van der Waals surface area contributed by atoms with Crippen LogP contribution < -0.4 is 5.43 Å². The smallest absolute Gasteiger partial charge is 0.280 e. The fraction of sp³-hybridized carbons (Fsp3) is 0.0714. The van der Waals surface area contributed by atoms with E-state index in [4.69, 9.17) is 4.42 Å². The molecule has 37 heavy (non-hydrogen) atoms. The van der Waals surface area contributed by atoms with Gasteiger partial charge in [0.1, 0.15) is 17.8 Å². The first-order chi connectivity index (χ1) is 18.2. The van der Waals surface area contributed by atoms with Crippen molar-refractivity contribution in [3.8, 4) is 0 Å². The number of carbonyl (C=O) groups is 2. The summed E-state index contributed by atoms with van der Waals surface area (Å²) < 4.78 is 7.17. The molecular formula is C28H21N5O3S. The molecule has 1 fully saturated rings. The van der Waals surface area contributed by atoms with Crippen LogP contribution in [0, 0.1) is 0 Å². The first kappa shape index (κ1) is 22.8. The third-order valence-corrected chi connectivity index (χ3v) is 7.26. The number of thioether (sulfide) groups is 1. The summed E-state index contributed by atoms with van der Waals surface area (Å²) in [5, 5.41) is 8.96. The summed E-state index contributed by atoms with van der Waals surface area (Å²) in [4.78, 5) is 27.6. The predicted molar refractivity (Wildman–Crippen MR) is 140 cm³/mol. The summed E-state index contributed by atoms with van der Waals surface area (Å²) in [5.74, 6) is -0.158. The van der Waals surface area contributed by atoms with Gasteiger partial charge in [0.15, 0.2) is 5.37 Å². The van der Waals surface area contributed by atoms with Crippen molar-refractivity contribution >= 4 is 40.2 Å². The molecule has 5 aromatic rings. The maximum Gasteiger partial charge on any atom is 0.280 e. The number of aromatic nitrogens is 3. The van der Waals surface area contributed by atoms with Gasteiger partial charge >= 0.3 is 0 Å². The molecule has 0 spiro atoms. The number of hydrogen-bond acceptors (Lipinski definition) is 6. The standard InChI is InChI=1S/C28H21N5O3S/c34-24(18-32-22-15-8-7-14-21(22)29-31-32)30-33-27(35)26(37-28(33)23-16-9-17-36-23)25(19-10-3-1-4-11-19)20-12-5-2-6-13-20/h1-17,28H,18H2,(H,30,34). The second-order valence-electron chi connectivity index (χ2n) is 8.37. The van der Waals surface area contributed by atoms with Gasteiger partial charge in [-0.15, -0.1) is 5.10 Å². The Morgan fingerprint density at radius 3 is 2.24 bits per heavy atom. The normalized spacial score (nSPS) is 15.4. The molecule has 8 nitrogen and oxygen atoms in total. The van der Waals surface area contributed by atoms with Crippen molar-refractivity contribution in [3.63, 3.8) is 0 Å². The van der Waals surface area contributed by atoms with E-state index in [2.05, 4.69) is 15.7 Å². The number of amides is 2. The van der Waals surface area contributed by atoms with Gasteiger partial charge in [-0.25, -0.2) is 9.69 Å². The highest BCUT2D eigenvalue weighted by Gasteiger charge is 2.42. The largest absolute Gasteiger partial charge is 0.466 e. The highest BCUT2D eigenvalue weighted by atomic mass is 32.2. The van der Waals surface area contributed by atoms with Crippen LogP contribution in [0.3, 0.4) is 0 Å². The number of furan rings is 1. The predicted octanol–water partition coefficient (Wildman–Crippen LogP) is 4.79. The zero-order valence-electron chi connectivity index (χ0n) is 19.5. The van der Waals surface area contributed by atoms with Gasteiger partial charge in [-0.3, -0.25) is 15.0 Å². The zero-order chi connectivity index (χ0) is 25.2. The number of benzene rings is 3. The summed E-state index contributed by atoms with van der Waals surface area (Å²) >= 11 is 1.35. The van der Waals surface area contributed by atoms with Gasteiger partial charge in [-0.2, -0.15) is 0 Å². The van der Waals surface area contributed by atoms with E-state index in [0.717, 1.165) is 22.2 Å². The van der Waals surface area contributed by atoms with E-state index in [1.54, 1.807) is 18.4 Å². The van der Waals surface area contributed by atoms with Gasteiger partial charge in [0.05, 0.1) is 16.7 Å². The van der Waals surface area contributed by atoms with Crippen LogP contribution in [0.15, 0.2) is 113 Å². The topological polar surface area (TPSA) is 93.3 Å². The molecule has 1 unspecified atom stereocenters. The lowest BCUT2D eigenvalue weighted by atomic mass is 9.97. The lowest BCUT2D eigenvalue weighted by Crippen LogP contribution is -2.45. The molecule has 3 aromatic carbocycles. The first-order valence-corrected chi connectivity index (χ1v) is 12.5. The van der Waals surface area contributed by atoms with Crippen molar-refractivity contribution in [2.45, 2.75) is 11.9 Å². The number of para-hydroxylation sites is 1. The van der Waals surface area contributed by atoms with Gasteiger partial charge in [0.2, 0.25) is 0 Å². The highest BCUT2D eigenvalue weighted by molar-refractivity contribution is 8.04. The van der Waals surface area contributed by atoms with Gasteiger partial charge in [0, 0.05) is 5.57 Å². The molecule has 2 amide bonds. The number of carbonyl (C=O) groups excluding carboxylic acids is 2. The molecule has 1 aliphatic heterocycles. The SMILES string of the molecule is O=C(Cn1nnc2ccccc21)NN1C(=O)C(=C(c2ccccc2)c2ccccc2)SC1c1ccco1. The molecule has 182 valence electrons. The van der Waals surface area contributed by atoms with Crippen LogP contribution in [0.2, 0.25) is 0 Å². The van der Waals surface area contributed by atoms with E-state index in [0.29, 0.717) is 16.2 Å².